The third-order valence-corrected chi connectivity index (χ3v) is 1.86. The summed E-state index contributed by atoms with van der Waals surface area (Å²) in [6.45, 7) is 7.04. The first-order valence-corrected chi connectivity index (χ1v) is 4.05. The van der Waals surface area contributed by atoms with E-state index in [0.29, 0.717) is 16.8 Å². The summed E-state index contributed by atoms with van der Waals surface area (Å²) >= 11 is 0. The fraction of sp³-hybridized carbons (Fsp3) is 0.0909. The highest BCUT2D eigenvalue weighted by molar-refractivity contribution is 5.95. The average Bonchev–Trinajstić information content (AvgIpc) is 2.26. The monoisotopic (exact) mass is 189 g/mol. The lowest BCUT2D eigenvalue weighted by atomic mass is 10.1. The maximum Gasteiger partial charge on any atom is 0.338 e. The van der Waals surface area contributed by atoms with Gasteiger partial charge in [0.15, 0.2) is 0 Å². The molecule has 1 rings (SSSR count). The van der Waals surface area contributed by atoms with Crippen molar-refractivity contribution in [3.8, 4) is 0 Å². The maximum absolute atomic E-state index is 11.3. The molecule has 0 aliphatic carbocycles. The zero-order chi connectivity index (χ0) is 10.6. The highest BCUT2D eigenvalue weighted by Crippen LogP contribution is 2.23. The molecule has 0 fully saturated rings. The molecule has 0 atom stereocenters. The Morgan fingerprint density at radius 2 is 2.29 bits per heavy atom. The fourth-order valence-corrected chi connectivity index (χ4v) is 1.19. The van der Waals surface area contributed by atoms with Crippen LogP contribution in [0.3, 0.4) is 0 Å². The molecule has 0 saturated heterocycles. The van der Waals surface area contributed by atoms with E-state index in [2.05, 4.69) is 23.0 Å². The summed E-state index contributed by atoms with van der Waals surface area (Å²) in [5.41, 5.74) is 1.73. The zero-order valence-electron chi connectivity index (χ0n) is 7.99. The molecule has 1 aromatic carbocycles. The second-order valence-electron chi connectivity index (χ2n) is 2.59. The van der Waals surface area contributed by atoms with Gasteiger partial charge in [-0.05, 0) is 18.9 Å². The smallest absolute Gasteiger partial charge is 0.338 e. The molecule has 3 heteroatoms. The van der Waals surface area contributed by atoms with Crippen LogP contribution in [-0.2, 0) is 4.74 Å². The Morgan fingerprint density at radius 1 is 1.57 bits per heavy atom. The van der Waals surface area contributed by atoms with Gasteiger partial charge >= 0.3 is 5.97 Å². The van der Waals surface area contributed by atoms with Gasteiger partial charge in [-0.1, -0.05) is 18.7 Å². The zero-order valence-corrected chi connectivity index (χ0v) is 7.99. The number of rotatable bonds is 3. The summed E-state index contributed by atoms with van der Waals surface area (Å²) in [6.07, 6.45) is 1.57. The molecule has 0 amide bonds. The van der Waals surface area contributed by atoms with Crippen LogP contribution in [0.25, 0.3) is 6.08 Å². The molecule has 14 heavy (non-hydrogen) atoms. The second kappa shape index (κ2) is 4.37. The van der Waals surface area contributed by atoms with Crippen molar-refractivity contribution in [3.05, 3.63) is 35.9 Å². The Labute approximate surface area is 82.7 Å². The van der Waals surface area contributed by atoms with Crippen LogP contribution >= 0.6 is 0 Å². The van der Waals surface area contributed by atoms with Gasteiger partial charge < -0.3 is 4.74 Å². The molecule has 0 saturated carbocycles. The van der Waals surface area contributed by atoms with Crippen molar-refractivity contribution in [1.82, 2.24) is 0 Å². The Bertz CT molecular complexity index is 383. The van der Waals surface area contributed by atoms with Gasteiger partial charge in [-0.15, -0.1) is 0 Å². The van der Waals surface area contributed by atoms with Crippen molar-refractivity contribution in [2.24, 2.45) is 4.99 Å². The first kappa shape index (κ1) is 10.2. The van der Waals surface area contributed by atoms with E-state index in [1.807, 2.05) is 0 Å². The molecule has 0 bridgehead atoms. The second-order valence-corrected chi connectivity index (χ2v) is 2.59. The van der Waals surface area contributed by atoms with Gasteiger partial charge in [-0.25, -0.2) is 4.79 Å². The fourth-order valence-electron chi connectivity index (χ4n) is 1.19. The van der Waals surface area contributed by atoms with Gasteiger partial charge in [0.2, 0.25) is 0 Å². The highest BCUT2D eigenvalue weighted by atomic mass is 16.5. The minimum atomic E-state index is -0.398. The van der Waals surface area contributed by atoms with Crippen molar-refractivity contribution in [1.29, 1.82) is 0 Å². The number of ether oxygens (including phenoxy) is 1. The van der Waals surface area contributed by atoms with E-state index in [9.17, 15) is 4.79 Å². The van der Waals surface area contributed by atoms with Crippen molar-refractivity contribution in [2.45, 2.75) is 0 Å². The predicted octanol–water partition coefficient (Wildman–Crippen LogP) is 2.45. The van der Waals surface area contributed by atoms with E-state index < -0.39 is 5.97 Å². The lowest BCUT2D eigenvalue weighted by Crippen LogP contribution is -2.03. The normalized spacial score (nSPS) is 9.21. The molecule has 0 aliphatic heterocycles. The average molecular weight is 189 g/mol. The summed E-state index contributed by atoms with van der Waals surface area (Å²) in [4.78, 5) is 15.1. The molecule has 0 N–H and O–H groups in total. The lowest BCUT2D eigenvalue weighted by Gasteiger charge is -2.05. The van der Waals surface area contributed by atoms with Crippen molar-refractivity contribution in [2.75, 3.05) is 7.11 Å². The molecule has 0 radical (unpaired) electrons. The van der Waals surface area contributed by atoms with Gasteiger partial charge in [-0.3, -0.25) is 4.99 Å². The van der Waals surface area contributed by atoms with E-state index in [4.69, 9.17) is 0 Å². The third kappa shape index (κ3) is 1.71. The molecule has 0 aromatic heterocycles. The minimum absolute atomic E-state index is 0.398. The maximum atomic E-state index is 11.3. The standard InChI is InChI=1S/C11H11NO2/c1-4-8-9(11(13)14-3)6-5-7-10(8)12-2/h4-7H,1-2H2,3H3. The summed E-state index contributed by atoms with van der Waals surface area (Å²) in [5.74, 6) is -0.398. The summed E-state index contributed by atoms with van der Waals surface area (Å²) in [6, 6.07) is 5.15. The minimum Gasteiger partial charge on any atom is -0.465 e. The van der Waals surface area contributed by atoms with Crippen molar-refractivity contribution in [3.63, 3.8) is 0 Å². The topological polar surface area (TPSA) is 38.7 Å². The van der Waals surface area contributed by atoms with E-state index in [1.54, 1.807) is 24.3 Å². The third-order valence-electron chi connectivity index (χ3n) is 1.86. The molecule has 3 nitrogen and oxygen atoms in total. The Morgan fingerprint density at radius 3 is 2.79 bits per heavy atom. The summed E-state index contributed by atoms with van der Waals surface area (Å²) < 4.78 is 4.63. The first-order chi connectivity index (χ1) is 6.74. The number of methoxy groups -OCH3 is 1. The van der Waals surface area contributed by atoms with Crippen LogP contribution in [0.5, 0.6) is 0 Å². The van der Waals surface area contributed by atoms with E-state index in [1.165, 1.54) is 7.11 Å². The van der Waals surface area contributed by atoms with Gasteiger partial charge in [-0.2, -0.15) is 0 Å². The predicted molar refractivity (Wildman–Crippen MR) is 57.1 cm³/mol. The van der Waals surface area contributed by atoms with Crippen molar-refractivity contribution >= 4 is 24.5 Å². The number of carbonyl (C=O) groups is 1. The molecular weight excluding hydrogens is 178 g/mol. The van der Waals surface area contributed by atoms with Gasteiger partial charge in [0.05, 0.1) is 18.4 Å². The Hall–Kier alpha value is -1.90. The Kier molecular flexibility index (Phi) is 3.18. The number of carbonyl (C=O) groups excluding carboxylic acids is 1. The molecule has 0 unspecified atom stereocenters. The Balaban J connectivity index is 3.35. The van der Waals surface area contributed by atoms with Gasteiger partial charge in [0.25, 0.3) is 0 Å². The number of nitrogens with zero attached hydrogens (tertiary/aromatic N) is 1. The summed E-state index contributed by atoms with van der Waals surface area (Å²) in [7, 11) is 1.34. The highest BCUT2D eigenvalue weighted by Gasteiger charge is 2.11. The van der Waals surface area contributed by atoms with Crippen LogP contribution in [0.4, 0.5) is 5.69 Å². The van der Waals surface area contributed by atoms with Gasteiger partial charge in [0.1, 0.15) is 0 Å². The molecular formula is C11H11NO2. The van der Waals surface area contributed by atoms with Crippen LogP contribution in [0.15, 0.2) is 29.8 Å². The van der Waals surface area contributed by atoms with Crippen LogP contribution in [-0.4, -0.2) is 19.8 Å². The van der Waals surface area contributed by atoms with Crippen LogP contribution in [0.2, 0.25) is 0 Å². The largest absolute Gasteiger partial charge is 0.465 e. The molecule has 1 aromatic rings. The number of esters is 1. The van der Waals surface area contributed by atoms with Crippen molar-refractivity contribution < 1.29 is 9.53 Å². The first-order valence-electron chi connectivity index (χ1n) is 4.05. The van der Waals surface area contributed by atoms with E-state index in [-0.39, 0.29) is 0 Å². The molecule has 0 heterocycles. The SMILES string of the molecule is C=Cc1c(N=C)cccc1C(=O)OC. The van der Waals surface area contributed by atoms with E-state index in [0.717, 1.165) is 0 Å². The van der Waals surface area contributed by atoms with Gasteiger partial charge in [0, 0.05) is 5.56 Å². The quantitative estimate of drug-likeness (QED) is 0.541. The van der Waals surface area contributed by atoms with E-state index >= 15 is 0 Å². The summed E-state index contributed by atoms with van der Waals surface area (Å²) in [5, 5.41) is 0. The number of benzene rings is 1. The van der Waals surface area contributed by atoms with Crippen LogP contribution in [0, 0.1) is 0 Å². The number of aliphatic imine (C=N–C) groups is 1. The number of hydrogen-bond acceptors (Lipinski definition) is 3. The van der Waals surface area contributed by atoms with Crippen LogP contribution < -0.4 is 0 Å². The molecule has 0 aliphatic rings. The molecule has 72 valence electrons. The van der Waals surface area contributed by atoms with Crippen LogP contribution in [0.1, 0.15) is 15.9 Å². The molecule has 0 spiro atoms. The lowest BCUT2D eigenvalue weighted by molar-refractivity contribution is 0.0600. The number of hydrogen-bond donors (Lipinski definition) is 0.